The van der Waals surface area contributed by atoms with Crippen LogP contribution in [0.1, 0.15) is 183 Å². The summed E-state index contributed by atoms with van der Waals surface area (Å²) in [6.07, 6.45) is 4.96. The summed E-state index contributed by atoms with van der Waals surface area (Å²) in [4.78, 5) is 170. The lowest BCUT2D eigenvalue weighted by atomic mass is 10.0. The number of amides is 12. The van der Waals surface area contributed by atoms with Crippen LogP contribution < -0.4 is 76.1 Å². The third kappa shape index (κ3) is 29.4. The molecule has 0 unspecified atom stereocenters. The predicted octanol–water partition coefficient (Wildman–Crippen LogP) is -0.971. The number of fused-ring (bicyclic) bond motifs is 2. The van der Waals surface area contributed by atoms with Crippen LogP contribution in [-0.2, 0) is 57.4 Å². The molecule has 0 aromatic rings. The number of unbranched alkanes of at least 4 members (excludes halogenated alkanes) is 6. The largest absolute Gasteiger partial charge is 0.444 e. The van der Waals surface area contributed by atoms with Crippen molar-refractivity contribution in [2.45, 2.75) is 242 Å². The second-order valence-electron chi connectivity index (χ2n) is 25.3. The van der Waals surface area contributed by atoms with E-state index in [1.807, 2.05) is 0 Å². The molecule has 18 N–H and O–H groups in total. The molecule has 3 saturated heterocycles. The van der Waals surface area contributed by atoms with Crippen molar-refractivity contribution in [2.75, 3.05) is 65.4 Å². The minimum atomic E-state index is -1.30. The lowest BCUT2D eigenvalue weighted by molar-refractivity contribution is -0.142. The Balaban J connectivity index is 2.10. The first-order chi connectivity index (χ1) is 42.7. The van der Waals surface area contributed by atoms with Gasteiger partial charge < -0.3 is 95.4 Å². The highest BCUT2D eigenvalue weighted by atomic mass is 16.6. The van der Waals surface area contributed by atoms with E-state index < -0.39 is 144 Å². The van der Waals surface area contributed by atoms with E-state index in [1.165, 1.54) is 9.80 Å². The Hall–Kier alpha value is -6.92. The molecule has 30 heteroatoms. The molecular weight excluding hydrogens is 1170 g/mol. The van der Waals surface area contributed by atoms with E-state index >= 15 is 0 Å². The zero-order valence-corrected chi connectivity index (χ0v) is 54.2. The third-order valence-corrected chi connectivity index (χ3v) is 15.3. The van der Waals surface area contributed by atoms with Crippen LogP contribution in [0.4, 0.5) is 9.59 Å². The van der Waals surface area contributed by atoms with Gasteiger partial charge in [0.2, 0.25) is 59.1 Å². The molecule has 0 aromatic heterocycles. The Kier molecular flexibility index (Phi) is 35.0. The van der Waals surface area contributed by atoms with E-state index in [2.05, 4.69) is 53.2 Å². The maximum atomic E-state index is 14.7. The van der Waals surface area contributed by atoms with Crippen LogP contribution in [0, 0.1) is 0 Å². The number of rotatable bonds is 26. The fourth-order valence-corrected chi connectivity index (χ4v) is 10.7. The van der Waals surface area contributed by atoms with Crippen LogP contribution in [0.3, 0.4) is 0 Å². The summed E-state index contributed by atoms with van der Waals surface area (Å²) in [5.74, 6) is -7.06. The van der Waals surface area contributed by atoms with E-state index in [9.17, 15) is 57.5 Å². The van der Waals surface area contributed by atoms with Gasteiger partial charge in [-0.25, -0.2) is 9.59 Å². The van der Waals surface area contributed by atoms with Crippen LogP contribution in [0.25, 0.3) is 0 Å². The molecule has 3 heterocycles. The van der Waals surface area contributed by atoms with Crippen molar-refractivity contribution in [1.82, 2.24) is 63.0 Å². The first kappa shape index (κ1) is 77.3. The number of alkyl carbamates (subject to hydrolysis) is 2. The molecule has 3 fully saturated rings. The zero-order valence-electron chi connectivity index (χ0n) is 54.2. The van der Waals surface area contributed by atoms with Gasteiger partial charge in [0.1, 0.15) is 59.5 Å². The van der Waals surface area contributed by atoms with Crippen molar-refractivity contribution in [3.05, 3.63) is 0 Å². The van der Waals surface area contributed by atoms with Gasteiger partial charge in [0.15, 0.2) is 0 Å². The molecule has 0 bridgehead atoms. The highest BCUT2D eigenvalue weighted by Gasteiger charge is 2.41. The summed E-state index contributed by atoms with van der Waals surface area (Å²) in [5, 5.41) is 27.1. The summed E-state index contributed by atoms with van der Waals surface area (Å²) in [6.45, 7) is 10.8. The van der Waals surface area contributed by atoms with E-state index in [-0.39, 0.29) is 117 Å². The highest BCUT2D eigenvalue weighted by Crippen LogP contribution is 2.23. The van der Waals surface area contributed by atoms with Crippen molar-refractivity contribution in [3.63, 3.8) is 0 Å². The standard InChI is InChI=1S/C60H108N16O14/c1-59(2,3)89-57(87)65-33-17-11-23-41-51(81)73-43(25-9-15-31-63)55(85)75-35-19-27-45(75)53(83)68-38-48(78)70-40(22-8-14-30-62)50(80)72-42(24-12-18-34-66-58(88)90-60(4,5)6)52(82)74-44(26-10-16-32-64)56(86)76-36-20-28-46(76)54(84)67-37-47(77)69-39(49(79)71-41)21-7-13-29-61/h39-46H,7-38,61-64H2,1-6H3,(H,65,87)(H,66,88)(H,67,84)(H,68,83)(H,69,77)(H,70,78)(H,71,79)(H,72,80)(H,73,81)(H,74,82)/t39-,40-,41-,42-,43-,44-,45-,46-/m0/s1. The number of hydrogen-bond donors (Lipinski definition) is 14. The maximum Gasteiger partial charge on any atom is 0.407 e. The SMILES string of the molecule is CC(C)(C)OC(=O)NCCCC[C@@H]1NC(=O)[C@H](CCCCN)NC(=O)CNC(=O)[C@@H]2CCCN2C(=O)[C@H](CCCCN)NC(=O)[C@H](CCCCNC(=O)OC(C)(C)C)NC(=O)[C@H](CCCCN)NC(=O)CNC(=O)[C@@H]2CCCN2C(=O)[C@H](CCCCN)NC1=O. The Morgan fingerprint density at radius 1 is 0.411 bits per heavy atom. The molecule has 90 heavy (non-hydrogen) atoms. The normalized spacial score (nSPS) is 23.6. The second-order valence-corrected chi connectivity index (χ2v) is 25.3. The van der Waals surface area contributed by atoms with Gasteiger partial charge in [-0.15, -0.1) is 0 Å². The Morgan fingerprint density at radius 2 is 0.689 bits per heavy atom. The van der Waals surface area contributed by atoms with Crippen LogP contribution >= 0.6 is 0 Å². The third-order valence-electron chi connectivity index (χ3n) is 15.3. The zero-order chi connectivity index (χ0) is 66.8. The molecule has 0 radical (unpaired) electrons. The van der Waals surface area contributed by atoms with Gasteiger partial charge in [-0.05, 0) is 209 Å². The van der Waals surface area contributed by atoms with Gasteiger partial charge in [-0.1, -0.05) is 0 Å². The van der Waals surface area contributed by atoms with E-state index in [0.717, 1.165) is 0 Å². The van der Waals surface area contributed by atoms with Gasteiger partial charge in [0, 0.05) is 26.2 Å². The van der Waals surface area contributed by atoms with Crippen molar-refractivity contribution in [1.29, 1.82) is 0 Å². The number of carbonyl (C=O) groups is 12. The van der Waals surface area contributed by atoms with Crippen LogP contribution in [-0.4, -0.2) is 206 Å². The lowest BCUT2D eigenvalue weighted by Crippen LogP contribution is -2.59. The van der Waals surface area contributed by atoms with Crippen molar-refractivity contribution in [2.24, 2.45) is 22.9 Å². The van der Waals surface area contributed by atoms with Gasteiger partial charge in [0.25, 0.3) is 0 Å². The molecule has 8 atom stereocenters. The molecule has 512 valence electrons. The quantitative estimate of drug-likeness (QED) is 0.0463. The number of nitrogens with one attached hydrogen (secondary N) is 10. The monoisotopic (exact) mass is 1280 g/mol. The Morgan fingerprint density at radius 3 is 0.989 bits per heavy atom. The number of carbonyl (C=O) groups excluding carboxylic acids is 12. The minimum Gasteiger partial charge on any atom is -0.444 e. The second kappa shape index (κ2) is 40.7. The molecule has 3 aliphatic rings. The molecule has 0 aromatic carbocycles. The fourth-order valence-electron chi connectivity index (χ4n) is 10.7. The van der Waals surface area contributed by atoms with E-state index in [4.69, 9.17) is 32.4 Å². The lowest BCUT2D eigenvalue weighted by Gasteiger charge is -2.31. The van der Waals surface area contributed by atoms with Crippen molar-refractivity contribution >= 4 is 71.3 Å². The van der Waals surface area contributed by atoms with E-state index in [0.29, 0.717) is 77.0 Å². The number of ether oxygens (including phenoxy) is 2. The van der Waals surface area contributed by atoms with Crippen LogP contribution in [0.2, 0.25) is 0 Å². The van der Waals surface area contributed by atoms with Gasteiger partial charge in [0.05, 0.1) is 13.1 Å². The minimum absolute atomic E-state index is 0.00847. The topological polar surface area (TPSA) is 454 Å². The number of nitrogens with zero attached hydrogens (tertiary/aromatic N) is 2. The van der Waals surface area contributed by atoms with Gasteiger partial charge in [-0.3, -0.25) is 47.9 Å². The van der Waals surface area contributed by atoms with Gasteiger partial charge in [-0.2, -0.15) is 0 Å². The Labute approximate surface area is 530 Å². The summed E-state index contributed by atoms with van der Waals surface area (Å²) >= 11 is 0. The highest BCUT2D eigenvalue weighted by molar-refractivity contribution is 5.99. The smallest absolute Gasteiger partial charge is 0.407 e. The van der Waals surface area contributed by atoms with E-state index in [1.54, 1.807) is 41.5 Å². The average Bonchev–Trinajstić information content (AvgIpc) is 2.32. The molecule has 12 amide bonds. The Bertz CT molecular complexity index is 2200. The molecular formula is C60H108N16O14. The fraction of sp³-hybridized carbons (Fsp3) is 0.800. The molecule has 30 nitrogen and oxygen atoms in total. The maximum absolute atomic E-state index is 14.7. The summed E-state index contributed by atoms with van der Waals surface area (Å²) in [5.41, 5.74) is 21.8. The van der Waals surface area contributed by atoms with Crippen molar-refractivity contribution in [3.8, 4) is 0 Å². The molecule has 0 saturated carbocycles. The van der Waals surface area contributed by atoms with Crippen molar-refractivity contribution < 1.29 is 67.0 Å². The number of hydrogen-bond acceptors (Lipinski definition) is 18. The molecule has 3 aliphatic heterocycles. The average molecular weight is 1280 g/mol. The molecule has 3 rings (SSSR count). The summed E-state index contributed by atoms with van der Waals surface area (Å²) in [6, 6.07) is -9.64. The first-order valence-corrected chi connectivity index (χ1v) is 32.4. The predicted molar refractivity (Wildman–Crippen MR) is 335 cm³/mol. The van der Waals surface area contributed by atoms with Crippen LogP contribution in [0.15, 0.2) is 0 Å². The van der Waals surface area contributed by atoms with Gasteiger partial charge >= 0.3 is 12.2 Å². The number of nitrogens with two attached hydrogens (primary N) is 4. The summed E-state index contributed by atoms with van der Waals surface area (Å²) < 4.78 is 10.7. The molecule has 0 spiro atoms. The molecule has 0 aliphatic carbocycles. The summed E-state index contributed by atoms with van der Waals surface area (Å²) in [7, 11) is 0. The first-order valence-electron chi connectivity index (χ1n) is 32.4. The van der Waals surface area contributed by atoms with Crippen LogP contribution in [0.5, 0.6) is 0 Å².